The SMILES string of the molecule is CC1CCC(C(=O)NCC2CC(O)CN2Cc2ccccc2)O1. The van der Waals surface area contributed by atoms with Crippen LogP contribution in [0.2, 0.25) is 0 Å². The van der Waals surface area contributed by atoms with E-state index < -0.39 is 0 Å². The molecule has 0 bridgehead atoms. The van der Waals surface area contributed by atoms with Gasteiger partial charge in [-0.25, -0.2) is 0 Å². The van der Waals surface area contributed by atoms with E-state index in [1.54, 1.807) is 0 Å². The number of carbonyl (C=O) groups excluding carboxylic acids is 1. The van der Waals surface area contributed by atoms with Crippen molar-refractivity contribution in [2.24, 2.45) is 0 Å². The number of hydrogen-bond donors (Lipinski definition) is 2. The third-order valence-electron chi connectivity index (χ3n) is 4.77. The van der Waals surface area contributed by atoms with Crippen LogP contribution in [0.5, 0.6) is 0 Å². The lowest BCUT2D eigenvalue weighted by Gasteiger charge is -2.25. The molecule has 4 unspecified atom stereocenters. The van der Waals surface area contributed by atoms with Gasteiger partial charge in [-0.2, -0.15) is 0 Å². The second kappa shape index (κ2) is 7.43. The molecule has 2 saturated heterocycles. The number of carbonyl (C=O) groups is 1. The summed E-state index contributed by atoms with van der Waals surface area (Å²) in [4.78, 5) is 14.4. The van der Waals surface area contributed by atoms with E-state index in [1.807, 2.05) is 25.1 Å². The second-order valence-electron chi connectivity index (χ2n) is 6.72. The first-order valence-electron chi connectivity index (χ1n) is 8.51. The van der Waals surface area contributed by atoms with E-state index in [-0.39, 0.29) is 30.3 Å². The van der Waals surface area contributed by atoms with Crippen molar-refractivity contribution in [2.45, 2.75) is 57.1 Å². The van der Waals surface area contributed by atoms with E-state index in [9.17, 15) is 9.90 Å². The number of nitrogens with one attached hydrogen (secondary N) is 1. The zero-order valence-corrected chi connectivity index (χ0v) is 13.6. The molecular weight excluding hydrogens is 292 g/mol. The van der Waals surface area contributed by atoms with Gasteiger partial charge in [0.1, 0.15) is 6.10 Å². The summed E-state index contributed by atoms with van der Waals surface area (Å²) in [5.74, 6) is -0.0181. The highest BCUT2D eigenvalue weighted by molar-refractivity contribution is 5.81. The van der Waals surface area contributed by atoms with E-state index in [2.05, 4.69) is 22.3 Å². The summed E-state index contributed by atoms with van der Waals surface area (Å²) in [6, 6.07) is 10.4. The number of benzene rings is 1. The second-order valence-corrected chi connectivity index (χ2v) is 6.72. The summed E-state index contributed by atoms with van der Waals surface area (Å²) >= 11 is 0. The number of aliphatic hydroxyl groups excluding tert-OH is 1. The number of hydrogen-bond acceptors (Lipinski definition) is 4. The molecule has 0 aromatic heterocycles. The van der Waals surface area contributed by atoms with E-state index in [0.717, 1.165) is 19.4 Å². The van der Waals surface area contributed by atoms with Gasteiger partial charge in [0.15, 0.2) is 0 Å². The van der Waals surface area contributed by atoms with Gasteiger partial charge in [-0.1, -0.05) is 30.3 Å². The average Bonchev–Trinajstić information content (AvgIpc) is 3.12. The largest absolute Gasteiger partial charge is 0.392 e. The number of likely N-dealkylation sites (tertiary alicyclic amines) is 1. The molecule has 2 aliphatic heterocycles. The van der Waals surface area contributed by atoms with Crippen molar-refractivity contribution in [3.8, 4) is 0 Å². The zero-order valence-electron chi connectivity index (χ0n) is 13.6. The predicted molar refractivity (Wildman–Crippen MR) is 87.8 cm³/mol. The molecule has 2 heterocycles. The van der Waals surface area contributed by atoms with Gasteiger partial charge < -0.3 is 15.2 Å². The van der Waals surface area contributed by atoms with Crippen molar-refractivity contribution < 1.29 is 14.6 Å². The molecule has 0 radical (unpaired) electrons. The van der Waals surface area contributed by atoms with E-state index in [4.69, 9.17) is 4.74 Å². The first kappa shape index (κ1) is 16.4. The molecule has 5 heteroatoms. The van der Waals surface area contributed by atoms with Gasteiger partial charge in [0.25, 0.3) is 0 Å². The number of nitrogens with zero attached hydrogens (tertiary/aromatic N) is 1. The minimum Gasteiger partial charge on any atom is -0.392 e. The van der Waals surface area contributed by atoms with Crippen molar-refractivity contribution in [3.63, 3.8) is 0 Å². The van der Waals surface area contributed by atoms with Crippen LogP contribution in [0.15, 0.2) is 30.3 Å². The minimum atomic E-state index is -0.316. The topological polar surface area (TPSA) is 61.8 Å². The maximum Gasteiger partial charge on any atom is 0.249 e. The molecular formula is C18H26N2O3. The number of β-amino-alcohol motifs (C(OH)–C–C–N with tert-alkyl or cyclic N) is 1. The highest BCUT2D eigenvalue weighted by atomic mass is 16.5. The Balaban J connectivity index is 1.52. The normalized spacial score (nSPS) is 31.4. The van der Waals surface area contributed by atoms with Gasteiger partial charge in [0.2, 0.25) is 5.91 Å². The van der Waals surface area contributed by atoms with Crippen LogP contribution in [0.4, 0.5) is 0 Å². The smallest absolute Gasteiger partial charge is 0.249 e. The van der Waals surface area contributed by atoms with E-state index in [0.29, 0.717) is 19.5 Å². The van der Waals surface area contributed by atoms with Crippen molar-refractivity contribution in [1.29, 1.82) is 0 Å². The third-order valence-corrected chi connectivity index (χ3v) is 4.77. The lowest BCUT2D eigenvalue weighted by atomic mass is 10.1. The summed E-state index contributed by atoms with van der Waals surface area (Å²) in [7, 11) is 0. The first-order chi connectivity index (χ1) is 11.1. The van der Waals surface area contributed by atoms with Crippen LogP contribution in [-0.2, 0) is 16.1 Å². The van der Waals surface area contributed by atoms with Gasteiger partial charge in [-0.15, -0.1) is 0 Å². The molecule has 1 amide bonds. The molecule has 126 valence electrons. The monoisotopic (exact) mass is 318 g/mol. The van der Waals surface area contributed by atoms with Crippen LogP contribution in [-0.4, -0.2) is 53.4 Å². The summed E-state index contributed by atoms with van der Waals surface area (Å²) in [6.45, 7) is 4.03. The lowest BCUT2D eigenvalue weighted by molar-refractivity contribution is -0.131. The number of aliphatic hydroxyl groups is 1. The van der Waals surface area contributed by atoms with E-state index >= 15 is 0 Å². The van der Waals surface area contributed by atoms with Crippen molar-refractivity contribution in [3.05, 3.63) is 35.9 Å². The zero-order chi connectivity index (χ0) is 16.2. The van der Waals surface area contributed by atoms with E-state index in [1.165, 1.54) is 5.56 Å². The minimum absolute atomic E-state index is 0.0181. The van der Waals surface area contributed by atoms with Gasteiger partial charge >= 0.3 is 0 Å². The maximum absolute atomic E-state index is 12.2. The van der Waals surface area contributed by atoms with Crippen LogP contribution in [0.1, 0.15) is 31.7 Å². The Morgan fingerprint density at radius 3 is 2.83 bits per heavy atom. The predicted octanol–water partition coefficient (Wildman–Crippen LogP) is 1.31. The van der Waals surface area contributed by atoms with Gasteiger partial charge in [0, 0.05) is 25.7 Å². The van der Waals surface area contributed by atoms with Crippen molar-refractivity contribution in [1.82, 2.24) is 10.2 Å². The molecule has 1 aromatic rings. The Morgan fingerprint density at radius 2 is 2.13 bits per heavy atom. The first-order valence-corrected chi connectivity index (χ1v) is 8.51. The fraction of sp³-hybridized carbons (Fsp3) is 0.611. The van der Waals surface area contributed by atoms with Crippen molar-refractivity contribution >= 4 is 5.91 Å². The van der Waals surface area contributed by atoms with Gasteiger partial charge in [-0.05, 0) is 31.7 Å². The lowest BCUT2D eigenvalue weighted by Crippen LogP contribution is -2.43. The highest BCUT2D eigenvalue weighted by Gasteiger charge is 2.33. The van der Waals surface area contributed by atoms with Crippen LogP contribution < -0.4 is 5.32 Å². The molecule has 2 aliphatic rings. The number of amides is 1. The molecule has 2 N–H and O–H groups in total. The summed E-state index contributed by atoms with van der Waals surface area (Å²) < 4.78 is 5.61. The van der Waals surface area contributed by atoms with Crippen LogP contribution in [0.3, 0.4) is 0 Å². The average molecular weight is 318 g/mol. The van der Waals surface area contributed by atoms with Crippen LogP contribution >= 0.6 is 0 Å². The summed E-state index contributed by atoms with van der Waals surface area (Å²) in [6.07, 6.45) is 2.00. The standard InChI is InChI=1S/C18H26N2O3/c1-13-7-8-17(23-13)18(22)19-10-15-9-16(21)12-20(15)11-14-5-3-2-4-6-14/h2-6,13,15-17,21H,7-12H2,1H3,(H,19,22). The molecule has 4 atom stereocenters. The molecule has 0 saturated carbocycles. The number of ether oxygens (including phenoxy) is 1. The Kier molecular flexibility index (Phi) is 5.30. The summed E-state index contributed by atoms with van der Waals surface area (Å²) in [5, 5.41) is 13.0. The third kappa shape index (κ3) is 4.31. The highest BCUT2D eigenvalue weighted by Crippen LogP contribution is 2.21. The molecule has 3 rings (SSSR count). The summed E-state index contributed by atoms with van der Waals surface area (Å²) in [5.41, 5.74) is 1.23. The van der Waals surface area contributed by atoms with Gasteiger partial charge in [-0.3, -0.25) is 9.69 Å². The Bertz CT molecular complexity index is 522. The molecule has 0 aliphatic carbocycles. The van der Waals surface area contributed by atoms with Gasteiger partial charge in [0.05, 0.1) is 12.2 Å². The van der Waals surface area contributed by atoms with Crippen LogP contribution in [0.25, 0.3) is 0 Å². The molecule has 0 spiro atoms. The molecule has 1 aromatic carbocycles. The fourth-order valence-corrected chi connectivity index (χ4v) is 3.51. The Hall–Kier alpha value is -1.43. The molecule has 5 nitrogen and oxygen atoms in total. The number of rotatable bonds is 5. The Labute approximate surface area is 137 Å². The maximum atomic E-state index is 12.2. The fourth-order valence-electron chi connectivity index (χ4n) is 3.51. The molecule has 2 fully saturated rings. The Morgan fingerprint density at radius 1 is 1.35 bits per heavy atom. The van der Waals surface area contributed by atoms with Crippen LogP contribution in [0, 0.1) is 0 Å². The van der Waals surface area contributed by atoms with Crippen molar-refractivity contribution in [2.75, 3.05) is 13.1 Å². The quantitative estimate of drug-likeness (QED) is 0.859. The molecule has 23 heavy (non-hydrogen) atoms.